The maximum Gasteiger partial charge on any atom is -0.00941 e. The molecular formula is C28H42P. The van der Waals surface area contributed by atoms with Crippen LogP contribution in [0.2, 0.25) is 0 Å². The van der Waals surface area contributed by atoms with Gasteiger partial charge in [-0.1, -0.05) is 119 Å². The van der Waals surface area contributed by atoms with Gasteiger partial charge in [0.15, 0.2) is 0 Å². The zero-order valence-electron chi connectivity index (χ0n) is 20.9. The fourth-order valence-corrected chi connectivity index (χ4v) is 5.13. The minimum atomic E-state index is 0.122. The van der Waals surface area contributed by atoms with E-state index in [0.29, 0.717) is 0 Å². The minimum Gasteiger partial charge on any atom is -0.0578 e. The maximum absolute atomic E-state index is 2.45. The van der Waals surface area contributed by atoms with Gasteiger partial charge in [-0.25, -0.2) is 0 Å². The van der Waals surface area contributed by atoms with Gasteiger partial charge in [0.25, 0.3) is 0 Å². The molecule has 2 aromatic carbocycles. The Bertz CT molecular complexity index is 786. The topological polar surface area (TPSA) is 0 Å². The molecule has 0 heterocycles. The number of benzene rings is 2. The molecule has 2 aromatic rings. The van der Waals surface area contributed by atoms with E-state index < -0.39 is 0 Å². The Morgan fingerprint density at radius 2 is 0.759 bits per heavy atom. The maximum atomic E-state index is 2.45. The highest BCUT2D eigenvalue weighted by molar-refractivity contribution is 7.55. The first-order valence-electron chi connectivity index (χ1n) is 10.9. The SMILES string of the molecule is CC(C)(C)c1ccc([P]c2ccc(C(C)(C)C)cc2C(C)(C)C)c(C(C)(C)C)c1. The highest BCUT2D eigenvalue weighted by Gasteiger charge is 2.26. The fourth-order valence-electron chi connectivity index (χ4n) is 3.53. The molecular weight excluding hydrogens is 367 g/mol. The summed E-state index contributed by atoms with van der Waals surface area (Å²) >= 11 is 0. The van der Waals surface area contributed by atoms with Crippen molar-refractivity contribution >= 4 is 19.2 Å². The van der Waals surface area contributed by atoms with E-state index >= 15 is 0 Å². The van der Waals surface area contributed by atoms with E-state index in [2.05, 4.69) is 119 Å². The predicted octanol–water partition coefficient (Wildman–Crippen LogP) is 7.77. The Morgan fingerprint density at radius 3 is 1.00 bits per heavy atom. The molecule has 0 bridgehead atoms. The second kappa shape index (κ2) is 7.85. The van der Waals surface area contributed by atoms with E-state index in [4.69, 9.17) is 0 Å². The average molecular weight is 410 g/mol. The van der Waals surface area contributed by atoms with Crippen molar-refractivity contribution in [3.05, 3.63) is 58.7 Å². The van der Waals surface area contributed by atoms with Crippen molar-refractivity contribution in [2.24, 2.45) is 0 Å². The molecule has 0 unspecified atom stereocenters. The Hall–Kier alpha value is -1.13. The highest BCUT2D eigenvalue weighted by atomic mass is 31.1. The van der Waals surface area contributed by atoms with E-state index in [-0.39, 0.29) is 21.7 Å². The lowest BCUT2D eigenvalue weighted by Gasteiger charge is -2.29. The summed E-state index contributed by atoms with van der Waals surface area (Å²) in [6.07, 6.45) is 0. The first-order valence-corrected chi connectivity index (χ1v) is 11.8. The van der Waals surface area contributed by atoms with E-state index in [0.717, 1.165) is 0 Å². The lowest BCUT2D eigenvalue weighted by molar-refractivity contribution is 0.571. The molecule has 0 aliphatic heterocycles. The second-order valence-electron chi connectivity index (χ2n) is 12.6. The first-order chi connectivity index (χ1) is 12.9. The lowest BCUT2D eigenvalue weighted by atomic mass is 9.80. The molecule has 0 fully saturated rings. The molecule has 0 aliphatic rings. The van der Waals surface area contributed by atoms with Crippen LogP contribution in [-0.2, 0) is 21.7 Å². The smallest absolute Gasteiger partial charge is 0.00941 e. The van der Waals surface area contributed by atoms with Gasteiger partial charge in [0.1, 0.15) is 0 Å². The largest absolute Gasteiger partial charge is 0.0578 e. The molecule has 159 valence electrons. The normalized spacial score (nSPS) is 13.7. The summed E-state index contributed by atoms with van der Waals surface area (Å²) in [7, 11) is 1.31. The van der Waals surface area contributed by atoms with Crippen molar-refractivity contribution in [3.8, 4) is 0 Å². The third kappa shape index (κ3) is 5.95. The molecule has 0 amide bonds. The molecule has 29 heavy (non-hydrogen) atoms. The summed E-state index contributed by atoms with van der Waals surface area (Å²) in [4.78, 5) is 0. The molecule has 0 spiro atoms. The van der Waals surface area contributed by atoms with Gasteiger partial charge in [0, 0.05) is 0 Å². The van der Waals surface area contributed by atoms with Crippen molar-refractivity contribution < 1.29 is 0 Å². The van der Waals surface area contributed by atoms with Gasteiger partial charge in [0.2, 0.25) is 0 Å². The summed E-state index contributed by atoms with van der Waals surface area (Å²) in [5.74, 6) is 0. The van der Waals surface area contributed by atoms with Crippen LogP contribution in [0.3, 0.4) is 0 Å². The Kier molecular flexibility index (Phi) is 6.53. The van der Waals surface area contributed by atoms with E-state index in [1.165, 1.54) is 41.4 Å². The van der Waals surface area contributed by atoms with Crippen LogP contribution in [0.4, 0.5) is 0 Å². The van der Waals surface area contributed by atoms with Crippen LogP contribution < -0.4 is 10.6 Å². The van der Waals surface area contributed by atoms with Crippen molar-refractivity contribution in [3.63, 3.8) is 0 Å². The number of hydrogen-bond donors (Lipinski definition) is 0. The molecule has 0 saturated heterocycles. The third-order valence-electron chi connectivity index (χ3n) is 5.58. The van der Waals surface area contributed by atoms with E-state index in [9.17, 15) is 0 Å². The van der Waals surface area contributed by atoms with Gasteiger partial charge in [-0.3, -0.25) is 0 Å². The Balaban J connectivity index is 2.62. The summed E-state index contributed by atoms with van der Waals surface area (Å²) in [5.41, 5.74) is 6.34. The van der Waals surface area contributed by atoms with Crippen molar-refractivity contribution in [1.82, 2.24) is 0 Å². The fraction of sp³-hybridized carbons (Fsp3) is 0.571. The molecule has 0 aliphatic carbocycles. The summed E-state index contributed by atoms with van der Waals surface area (Å²) in [6, 6.07) is 14.3. The Morgan fingerprint density at radius 1 is 0.448 bits per heavy atom. The van der Waals surface area contributed by atoms with Gasteiger partial charge in [-0.2, -0.15) is 0 Å². The van der Waals surface area contributed by atoms with Gasteiger partial charge in [-0.15, -0.1) is 0 Å². The van der Waals surface area contributed by atoms with Crippen LogP contribution in [-0.4, -0.2) is 0 Å². The standard InChI is InChI=1S/C28H42P/c1-25(2,3)19-13-15-23(21(17-19)27(7,8)9)29-24-16-14-20(26(4,5)6)18-22(24)28(10,11)12/h13-18H,1-12H3. The quantitative estimate of drug-likeness (QED) is 0.444. The van der Waals surface area contributed by atoms with Gasteiger partial charge >= 0.3 is 0 Å². The van der Waals surface area contributed by atoms with Gasteiger partial charge in [0.05, 0.1) is 0 Å². The summed E-state index contributed by atoms with van der Waals surface area (Å²) < 4.78 is 0. The van der Waals surface area contributed by atoms with E-state index in [1.54, 1.807) is 0 Å². The molecule has 0 saturated carbocycles. The molecule has 2 rings (SSSR count). The number of hydrogen-bond acceptors (Lipinski definition) is 0. The molecule has 0 atom stereocenters. The summed E-state index contributed by atoms with van der Waals surface area (Å²) in [6.45, 7) is 27.8. The Labute approximate surface area is 182 Å². The molecule has 1 radical (unpaired) electrons. The van der Waals surface area contributed by atoms with Crippen molar-refractivity contribution in [2.75, 3.05) is 0 Å². The van der Waals surface area contributed by atoms with Gasteiger partial charge in [-0.05, 0) is 63.1 Å². The third-order valence-corrected chi connectivity index (χ3v) is 6.84. The second-order valence-corrected chi connectivity index (χ2v) is 13.8. The number of rotatable bonds is 2. The van der Waals surface area contributed by atoms with Crippen LogP contribution in [0, 0.1) is 0 Å². The predicted molar refractivity (Wildman–Crippen MR) is 134 cm³/mol. The zero-order chi connectivity index (χ0) is 22.4. The molecule has 0 aromatic heterocycles. The lowest BCUT2D eigenvalue weighted by Crippen LogP contribution is -2.27. The van der Waals surface area contributed by atoms with Crippen molar-refractivity contribution in [2.45, 2.75) is 105 Å². The molecule has 0 N–H and O–H groups in total. The first kappa shape index (κ1) is 24.1. The molecule has 0 nitrogen and oxygen atoms in total. The van der Waals surface area contributed by atoms with Crippen LogP contribution in [0.1, 0.15) is 105 Å². The van der Waals surface area contributed by atoms with E-state index in [1.807, 2.05) is 0 Å². The van der Waals surface area contributed by atoms with Crippen molar-refractivity contribution in [1.29, 1.82) is 0 Å². The monoisotopic (exact) mass is 409 g/mol. The van der Waals surface area contributed by atoms with Crippen LogP contribution in [0.15, 0.2) is 36.4 Å². The van der Waals surface area contributed by atoms with Crippen LogP contribution >= 0.6 is 8.58 Å². The van der Waals surface area contributed by atoms with Crippen LogP contribution in [0.25, 0.3) is 0 Å². The van der Waals surface area contributed by atoms with Gasteiger partial charge < -0.3 is 0 Å². The zero-order valence-corrected chi connectivity index (χ0v) is 21.8. The average Bonchev–Trinajstić information content (AvgIpc) is 2.51. The highest BCUT2D eigenvalue weighted by Crippen LogP contribution is 2.34. The molecule has 1 heteroatoms. The minimum absolute atomic E-state index is 0.122. The van der Waals surface area contributed by atoms with Crippen LogP contribution in [0.5, 0.6) is 0 Å². The summed E-state index contributed by atoms with van der Waals surface area (Å²) in [5, 5.41) is 2.86.